The molecule has 0 radical (unpaired) electrons. The van der Waals surface area contributed by atoms with Crippen molar-refractivity contribution in [3.63, 3.8) is 0 Å². The smallest absolute Gasteiger partial charge is 0.228 e. The van der Waals surface area contributed by atoms with Crippen molar-refractivity contribution in [1.29, 1.82) is 0 Å². The first kappa shape index (κ1) is 12.9. The van der Waals surface area contributed by atoms with E-state index in [0.29, 0.717) is 12.1 Å². The zero-order valence-electron chi connectivity index (χ0n) is 12.0. The Labute approximate surface area is 110 Å². The summed E-state index contributed by atoms with van der Waals surface area (Å²) in [5, 5.41) is 0. The second kappa shape index (κ2) is 4.97. The van der Waals surface area contributed by atoms with E-state index in [0.717, 1.165) is 0 Å². The Morgan fingerprint density at radius 3 is 2.11 bits per heavy atom. The fourth-order valence-electron chi connectivity index (χ4n) is 2.25. The molecule has 0 amide bonds. The van der Waals surface area contributed by atoms with Crippen molar-refractivity contribution in [3.8, 4) is 11.4 Å². The summed E-state index contributed by atoms with van der Waals surface area (Å²) >= 11 is 0. The number of hydrogen-bond acceptors (Lipinski definition) is 0. The first-order valence-electron chi connectivity index (χ1n) is 6.69. The molecule has 0 atom stereocenters. The molecule has 0 bridgehead atoms. The van der Waals surface area contributed by atoms with Gasteiger partial charge in [0.2, 0.25) is 0 Å². The van der Waals surface area contributed by atoms with Gasteiger partial charge in [-0.3, -0.25) is 0 Å². The van der Waals surface area contributed by atoms with Gasteiger partial charge >= 0.3 is 0 Å². The molecular formula is C16H23N2+. The largest absolute Gasteiger partial charge is 0.289 e. The summed E-state index contributed by atoms with van der Waals surface area (Å²) in [6.45, 7) is 11.0. The topological polar surface area (TPSA) is 8.81 Å². The van der Waals surface area contributed by atoms with Crippen molar-refractivity contribution in [1.82, 2.24) is 4.57 Å². The summed E-state index contributed by atoms with van der Waals surface area (Å²) in [6.07, 6.45) is 4.36. The Balaban J connectivity index is 2.59. The minimum Gasteiger partial charge on any atom is -0.228 e. The number of benzene rings is 1. The van der Waals surface area contributed by atoms with E-state index in [-0.39, 0.29) is 0 Å². The van der Waals surface area contributed by atoms with Crippen molar-refractivity contribution >= 4 is 0 Å². The molecular weight excluding hydrogens is 220 g/mol. The lowest BCUT2D eigenvalue weighted by atomic mass is 10.1. The molecule has 0 N–H and O–H groups in total. The molecule has 1 heterocycles. The fourth-order valence-corrected chi connectivity index (χ4v) is 2.25. The van der Waals surface area contributed by atoms with Gasteiger partial charge in [0.05, 0.1) is 17.6 Å². The van der Waals surface area contributed by atoms with Gasteiger partial charge in [-0.25, -0.2) is 9.13 Å². The molecule has 96 valence electrons. The predicted octanol–water partition coefficient (Wildman–Crippen LogP) is 3.91. The van der Waals surface area contributed by atoms with Gasteiger partial charge in [-0.2, -0.15) is 0 Å². The van der Waals surface area contributed by atoms with Gasteiger partial charge in [0.1, 0.15) is 12.4 Å². The van der Waals surface area contributed by atoms with E-state index in [2.05, 4.69) is 80.4 Å². The zero-order valence-corrected chi connectivity index (χ0v) is 12.0. The van der Waals surface area contributed by atoms with Crippen LogP contribution in [0.3, 0.4) is 0 Å². The van der Waals surface area contributed by atoms with E-state index in [4.69, 9.17) is 0 Å². The maximum Gasteiger partial charge on any atom is 0.289 e. The number of hydrogen-bond donors (Lipinski definition) is 0. The molecule has 2 aromatic rings. The molecule has 0 saturated carbocycles. The van der Waals surface area contributed by atoms with Crippen molar-refractivity contribution in [2.45, 2.75) is 46.7 Å². The van der Waals surface area contributed by atoms with Crippen LogP contribution in [-0.4, -0.2) is 4.57 Å². The minimum atomic E-state index is 0.473. The highest BCUT2D eigenvalue weighted by atomic mass is 15.2. The van der Waals surface area contributed by atoms with Gasteiger partial charge in [0, 0.05) is 0 Å². The molecule has 0 saturated heterocycles. The lowest BCUT2D eigenvalue weighted by molar-refractivity contribution is -0.705. The fraction of sp³-hybridized carbons (Fsp3) is 0.438. The Kier molecular flexibility index (Phi) is 3.55. The molecule has 0 fully saturated rings. The van der Waals surface area contributed by atoms with E-state index in [1.165, 1.54) is 17.0 Å². The van der Waals surface area contributed by atoms with Gasteiger partial charge in [0.25, 0.3) is 5.82 Å². The lowest BCUT2D eigenvalue weighted by Crippen LogP contribution is -2.37. The molecule has 2 nitrogen and oxygen atoms in total. The maximum absolute atomic E-state index is 2.34. The zero-order chi connectivity index (χ0) is 13.3. The monoisotopic (exact) mass is 243 g/mol. The Hall–Kier alpha value is -1.57. The third-order valence-electron chi connectivity index (χ3n) is 3.30. The van der Waals surface area contributed by atoms with Gasteiger partial charge in [0.15, 0.2) is 0 Å². The maximum atomic E-state index is 2.34. The van der Waals surface area contributed by atoms with Crippen LogP contribution in [0.15, 0.2) is 36.7 Å². The van der Waals surface area contributed by atoms with E-state index in [1.807, 2.05) is 0 Å². The molecule has 0 spiro atoms. The van der Waals surface area contributed by atoms with Crippen LogP contribution in [0.1, 0.15) is 45.3 Å². The molecule has 18 heavy (non-hydrogen) atoms. The third-order valence-corrected chi connectivity index (χ3v) is 3.30. The normalized spacial score (nSPS) is 11.5. The number of nitrogens with zero attached hydrogens (tertiary/aromatic N) is 2. The quantitative estimate of drug-likeness (QED) is 0.723. The highest BCUT2D eigenvalue weighted by molar-refractivity contribution is 5.53. The highest BCUT2D eigenvalue weighted by Gasteiger charge is 2.22. The van der Waals surface area contributed by atoms with Crippen molar-refractivity contribution < 1.29 is 4.57 Å². The van der Waals surface area contributed by atoms with Crippen LogP contribution in [0.4, 0.5) is 0 Å². The second-order valence-corrected chi connectivity index (χ2v) is 5.49. The number of aromatic nitrogens is 2. The Morgan fingerprint density at radius 1 is 1.00 bits per heavy atom. The van der Waals surface area contributed by atoms with Crippen LogP contribution in [0.25, 0.3) is 11.4 Å². The van der Waals surface area contributed by atoms with Crippen LogP contribution >= 0.6 is 0 Å². The van der Waals surface area contributed by atoms with E-state index in [1.54, 1.807) is 0 Å². The molecule has 1 aromatic carbocycles. The molecule has 2 heteroatoms. The van der Waals surface area contributed by atoms with Crippen LogP contribution < -0.4 is 4.57 Å². The van der Waals surface area contributed by atoms with Crippen LogP contribution in [0.2, 0.25) is 0 Å². The Morgan fingerprint density at radius 2 is 1.61 bits per heavy atom. The molecule has 0 aliphatic rings. The first-order chi connectivity index (χ1) is 8.50. The Bertz CT molecular complexity index is 493. The molecule has 2 rings (SSSR count). The summed E-state index contributed by atoms with van der Waals surface area (Å²) in [5.41, 5.74) is 2.59. The van der Waals surface area contributed by atoms with E-state index < -0.39 is 0 Å². The minimum absolute atomic E-state index is 0.473. The summed E-state index contributed by atoms with van der Waals surface area (Å²) in [6, 6.07) is 9.72. The van der Waals surface area contributed by atoms with Crippen LogP contribution in [0.5, 0.6) is 0 Å². The second-order valence-electron chi connectivity index (χ2n) is 5.49. The summed E-state index contributed by atoms with van der Waals surface area (Å²) in [7, 11) is 0. The highest BCUT2D eigenvalue weighted by Crippen LogP contribution is 2.21. The van der Waals surface area contributed by atoms with Crippen molar-refractivity contribution in [2.24, 2.45) is 0 Å². The van der Waals surface area contributed by atoms with Gasteiger partial charge in [-0.1, -0.05) is 17.7 Å². The van der Waals surface area contributed by atoms with E-state index in [9.17, 15) is 0 Å². The SMILES string of the molecule is Cc1ccc(-c2n(C(C)C)cc[n+]2C(C)C)cc1. The summed E-state index contributed by atoms with van der Waals surface area (Å²) in [5.74, 6) is 1.29. The summed E-state index contributed by atoms with van der Waals surface area (Å²) < 4.78 is 4.68. The molecule has 1 aromatic heterocycles. The van der Waals surface area contributed by atoms with Gasteiger partial charge in [-0.05, 0) is 46.8 Å². The molecule has 0 aliphatic heterocycles. The number of aryl methyl sites for hydroxylation is 1. The predicted molar refractivity (Wildman–Crippen MR) is 75.6 cm³/mol. The molecule has 0 unspecified atom stereocenters. The summed E-state index contributed by atoms with van der Waals surface area (Å²) in [4.78, 5) is 0. The molecule has 0 aliphatic carbocycles. The third kappa shape index (κ3) is 2.33. The van der Waals surface area contributed by atoms with Crippen molar-refractivity contribution in [3.05, 3.63) is 42.2 Å². The average molecular weight is 243 g/mol. The van der Waals surface area contributed by atoms with Crippen LogP contribution in [0, 0.1) is 6.92 Å². The first-order valence-corrected chi connectivity index (χ1v) is 6.69. The van der Waals surface area contributed by atoms with E-state index >= 15 is 0 Å². The van der Waals surface area contributed by atoms with Crippen LogP contribution in [-0.2, 0) is 0 Å². The van der Waals surface area contributed by atoms with Crippen molar-refractivity contribution in [2.75, 3.05) is 0 Å². The number of imidazole rings is 1. The number of rotatable bonds is 3. The van der Waals surface area contributed by atoms with Gasteiger partial charge < -0.3 is 0 Å². The standard InChI is InChI=1S/C16H23N2/c1-12(2)17-10-11-18(13(3)4)16(17)15-8-6-14(5)7-9-15/h6-13H,1-5H3/q+1. The lowest BCUT2D eigenvalue weighted by Gasteiger charge is -2.10. The average Bonchev–Trinajstić information content (AvgIpc) is 2.74. The van der Waals surface area contributed by atoms with Gasteiger partial charge in [-0.15, -0.1) is 0 Å².